The number of ether oxygens (including phenoxy) is 1. The number of hydrazine groups is 1. The van der Waals surface area contributed by atoms with Crippen LogP contribution in [0.2, 0.25) is 0 Å². The van der Waals surface area contributed by atoms with Crippen LogP contribution >= 0.6 is 0 Å². The summed E-state index contributed by atoms with van der Waals surface area (Å²) in [6.45, 7) is 1.78. The van der Waals surface area contributed by atoms with Crippen molar-refractivity contribution in [1.82, 2.24) is 5.43 Å². The molecule has 0 radical (unpaired) electrons. The molecule has 1 rings (SSSR count). The van der Waals surface area contributed by atoms with E-state index in [9.17, 15) is 17.6 Å². The van der Waals surface area contributed by atoms with Crippen LogP contribution in [0.4, 0.5) is 17.6 Å². The molecule has 0 saturated carbocycles. The summed E-state index contributed by atoms with van der Waals surface area (Å²) in [7, 11) is 1.51. The van der Waals surface area contributed by atoms with E-state index >= 15 is 0 Å². The molecule has 2 atom stereocenters. The van der Waals surface area contributed by atoms with E-state index < -0.39 is 23.6 Å². The molecule has 2 unspecified atom stereocenters. The molecule has 0 fully saturated rings. The zero-order valence-electron chi connectivity index (χ0n) is 10.6. The SMILES string of the molecule is COC(C)CC(NN)c1ccc(C(F)(F)F)c(F)c1. The van der Waals surface area contributed by atoms with Crippen molar-refractivity contribution in [1.29, 1.82) is 0 Å². The van der Waals surface area contributed by atoms with Gasteiger partial charge in [-0.25, -0.2) is 4.39 Å². The highest BCUT2D eigenvalue weighted by Crippen LogP contribution is 2.32. The van der Waals surface area contributed by atoms with Crippen molar-refractivity contribution in [3.63, 3.8) is 0 Å². The summed E-state index contributed by atoms with van der Waals surface area (Å²) in [5, 5.41) is 0. The minimum Gasteiger partial charge on any atom is -0.382 e. The Morgan fingerprint density at radius 3 is 2.42 bits per heavy atom. The lowest BCUT2D eigenvalue weighted by Crippen LogP contribution is -2.31. The van der Waals surface area contributed by atoms with Crippen LogP contribution in [-0.2, 0) is 10.9 Å². The highest BCUT2D eigenvalue weighted by Gasteiger charge is 2.34. The topological polar surface area (TPSA) is 47.3 Å². The second-order valence-electron chi connectivity index (χ2n) is 4.24. The molecule has 108 valence electrons. The van der Waals surface area contributed by atoms with E-state index in [1.165, 1.54) is 13.2 Å². The van der Waals surface area contributed by atoms with E-state index in [4.69, 9.17) is 10.6 Å². The zero-order valence-corrected chi connectivity index (χ0v) is 10.6. The van der Waals surface area contributed by atoms with E-state index in [-0.39, 0.29) is 6.10 Å². The highest BCUT2D eigenvalue weighted by molar-refractivity contribution is 5.28. The lowest BCUT2D eigenvalue weighted by atomic mass is 10.00. The van der Waals surface area contributed by atoms with Gasteiger partial charge in [-0.15, -0.1) is 0 Å². The summed E-state index contributed by atoms with van der Waals surface area (Å²) in [6.07, 6.45) is -4.45. The minimum atomic E-state index is -4.70. The quantitative estimate of drug-likeness (QED) is 0.495. The number of hydrogen-bond acceptors (Lipinski definition) is 3. The summed E-state index contributed by atoms with van der Waals surface area (Å²) in [4.78, 5) is 0. The molecule has 0 amide bonds. The number of rotatable bonds is 5. The molecule has 7 heteroatoms. The summed E-state index contributed by atoms with van der Waals surface area (Å²) >= 11 is 0. The van der Waals surface area contributed by atoms with Gasteiger partial charge in [-0.1, -0.05) is 6.07 Å². The molecule has 0 aliphatic rings. The molecule has 19 heavy (non-hydrogen) atoms. The van der Waals surface area contributed by atoms with Crippen molar-refractivity contribution in [2.24, 2.45) is 5.84 Å². The Morgan fingerprint density at radius 2 is 2.00 bits per heavy atom. The highest BCUT2D eigenvalue weighted by atomic mass is 19.4. The number of hydrogen-bond donors (Lipinski definition) is 2. The summed E-state index contributed by atoms with van der Waals surface area (Å²) < 4.78 is 55.8. The standard InChI is InChI=1S/C12H16F4N2O/c1-7(19-2)5-11(18-17)8-3-4-9(10(13)6-8)12(14,15)16/h3-4,6-7,11,18H,5,17H2,1-2H3. The second kappa shape index (κ2) is 6.31. The van der Waals surface area contributed by atoms with Crippen molar-refractivity contribution in [3.05, 3.63) is 35.1 Å². The number of methoxy groups -OCH3 is 1. The van der Waals surface area contributed by atoms with Gasteiger partial charge in [0.2, 0.25) is 0 Å². The third-order valence-corrected chi connectivity index (χ3v) is 2.87. The second-order valence-corrected chi connectivity index (χ2v) is 4.24. The fourth-order valence-electron chi connectivity index (χ4n) is 1.71. The van der Waals surface area contributed by atoms with Gasteiger partial charge in [-0.3, -0.25) is 11.3 Å². The van der Waals surface area contributed by atoms with Gasteiger partial charge in [-0.2, -0.15) is 13.2 Å². The third-order valence-electron chi connectivity index (χ3n) is 2.87. The monoisotopic (exact) mass is 280 g/mol. The largest absolute Gasteiger partial charge is 0.419 e. The number of benzene rings is 1. The van der Waals surface area contributed by atoms with Crippen molar-refractivity contribution in [2.75, 3.05) is 7.11 Å². The van der Waals surface area contributed by atoms with Crippen LogP contribution in [0, 0.1) is 5.82 Å². The maximum absolute atomic E-state index is 13.4. The van der Waals surface area contributed by atoms with E-state index in [2.05, 4.69) is 5.43 Å². The average Bonchev–Trinajstić information content (AvgIpc) is 2.33. The van der Waals surface area contributed by atoms with Gasteiger partial charge in [0.15, 0.2) is 0 Å². The first-order valence-corrected chi connectivity index (χ1v) is 5.65. The molecular weight excluding hydrogens is 264 g/mol. The molecule has 1 aromatic rings. The number of nitrogens with two attached hydrogens (primary N) is 1. The van der Waals surface area contributed by atoms with Crippen molar-refractivity contribution in [3.8, 4) is 0 Å². The van der Waals surface area contributed by atoms with Crippen LogP contribution in [-0.4, -0.2) is 13.2 Å². The molecule has 0 heterocycles. The van der Waals surface area contributed by atoms with E-state index in [1.54, 1.807) is 6.92 Å². The average molecular weight is 280 g/mol. The Morgan fingerprint density at radius 1 is 1.37 bits per heavy atom. The molecular formula is C12H16F4N2O. The molecule has 0 bridgehead atoms. The van der Waals surface area contributed by atoms with E-state index in [0.717, 1.165) is 6.07 Å². The zero-order chi connectivity index (χ0) is 14.6. The van der Waals surface area contributed by atoms with Crippen LogP contribution in [0.1, 0.15) is 30.5 Å². The van der Waals surface area contributed by atoms with Crippen LogP contribution in [0.3, 0.4) is 0 Å². The molecule has 0 aromatic heterocycles. The summed E-state index contributed by atoms with van der Waals surface area (Å²) in [5.74, 6) is 4.02. The molecule has 0 aliphatic heterocycles. The predicted octanol–water partition coefficient (Wildman–Crippen LogP) is 2.77. The molecule has 3 nitrogen and oxygen atoms in total. The summed E-state index contributed by atoms with van der Waals surface area (Å²) in [6, 6.07) is 2.29. The first kappa shape index (κ1) is 15.9. The Kier molecular flexibility index (Phi) is 5.28. The van der Waals surface area contributed by atoms with Gasteiger partial charge >= 0.3 is 6.18 Å². The van der Waals surface area contributed by atoms with Crippen LogP contribution in [0.25, 0.3) is 0 Å². The van der Waals surface area contributed by atoms with E-state index in [0.29, 0.717) is 18.1 Å². The van der Waals surface area contributed by atoms with Gasteiger partial charge < -0.3 is 4.74 Å². The number of alkyl halides is 3. The molecule has 3 N–H and O–H groups in total. The van der Waals surface area contributed by atoms with E-state index in [1.807, 2.05) is 0 Å². The Labute approximate surface area is 108 Å². The Hall–Kier alpha value is -1.18. The molecule has 0 saturated heterocycles. The minimum absolute atomic E-state index is 0.161. The summed E-state index contributed by atoms with van der Waals surface area (Å²) in [5.41, 5.74) is 1.50. The van der Waals surface area contributed by atoms with Crippen molar-refractivity contribution < 1.29 is 22.3 Å². The van der Waals surface area contributed by atoms with Gasteiger partial charge in [0, 0.05) is 13.2 Å². The smallest absolute Gasteiger partial charge is 0.382 e. The van der Waals surface area contributed by atoms with Crippen LogP contribution < -0.4 is 11.3 Å². The van der Waals surface area contributed by atoms with Crippen LogP contribution in [0.15, 0.2) is 18.2 Å². The van der Waals surface area contributed by atoms with Gasteiger partial charge in [-0.05, 0) is 31.0 Å². The number of halogens is 4. The fourth-order valence-corrected chi connectivity index (χ4v) is 1.71. The fraction of sp³-hybridized carbons (Fsp3) is 0.500. The van der Waals surface area contributed by atoms with Crippen molar-refractivity contribution >= 4 is 0 Å². The Bertz CT molecular complexity index is 423. The third kappa shape index (κ3) is 4.15. The maximum Gasteiger partial charge on any atom is 0.419 e. The lowest BCUT2D eigenvalue weighted by Gasteiger charge is -2.20. The number of nitrogens with one attached hydrogen (secondary N) is 1. The first-order chi connectivity index (χ1) is 8.79. The van der Waals surface area contributed by atoms with Gasteiger partial charge in [0.05, 0.1) is 11.7 Å². The van der Waals surface area contributed by atoms with Crippen LogP contribution in [0.5, 0.6) is 0 Å². The molecule has 0 spiro atoms. The lowest BCUT2D eigenvalue weighted by molar-refractivity contribution is -0.140. The van der Waals surface area contributed by atoms with Crippen molar-refractivity contribution in [2.45, 2.75) is 31.7 Å². The Balaban J connectivity index is 2.98. The maximum atomic E-state index is 13.4. The normalized spacial score (nSPS) is 15.3. The molecule has 0 aliphatic carbocycles. The van der Waals surface area contributed by atoms with Gasteiger partial charge in [0.25, 0.3) is 0 Å². The first-order valence-electron chi connectivity index (χ1n) is 5.65. The van der Waals surface area contributed by atoms with Gasteiger partial charge in [0.1, 0.15) is 5.82 Å². The predicted molar refractivity (Wildman–Crippen MR) is 62.6 cm³/mol. The molecule has 1 aromatic carbocycles.